The average molecular weight is 274 g/mol. The normalized spacial score (nSPS) is 11.3. The highest BCUT2D eigenvalue weighted by Crippen LogP contribution is 2.33. The van der Waals surface area contributed by atoms with Crippen molar-refractivity contribution in [2.75, 3.05) is 0 Å². The van der Waals surface area contributed by atoms with Crippen LogP contribution >= 0.6 is 0 Å². The van der Waals surface area contributed by atoms with Crippen LogP contribution in [-0.2, 0) is 6.18 Å². The second kappa shape index (κ2) is 5.70. The van der Waals surface area contributed by atoms with Crippen LogP contribution in [0.2, 0.25) is 0 Å². The van der Waals surface area contributed by atoms with Crippen molar-refractivity contribution >= 4 is 12.9 Å². The molecule has 100 valence electrons. The predicted octanol–water partition coefficient (Wildman–Crippen LogP) is 4.80. The number of benzene rings is 1. The van der Waals surface area contributed by atoms with Gasteiger partial charge in [-0.3, -0.25) is 0 Å². The molecule has 0 unspecified atom stereocenters. The zero-order valence-corrected chi connectivity index (χ0v) is 8.85. The Bertz CT molecular complexity index is 440. The van der Waals surface area contributed by atoms with E-state index in [-0.39, 0.29) is 11.3 Å². The molecule has 0 aliphatic rings. The Kier molecular flexibility index (Phi) is 5.14. The lowest BCUT2D eigenvalue weighted by molar-refractivity contribution is -0.138. The Labute approximate surface area is 97.1 Å². The Balaban J connectivity index is 0.000000494. The minimum absolute atomic E-state index is 0.0991. The van der Waals surface area contributed by atoms with E-state index in [2.05, 4.69) is 4.98 Å². The van der Waals surface area contributed by atoms with Gasteiger partial charge in [0.25, 0.3) is 0 Å². The summed E-state index contributed by atoms with van der Waals surface area (Å²) < 4.78 is 75.7. The fourth-order valence-corrected chi connectivity index (χ4v) is 0.978. The molecule has 10 heteroatoms. The van der Waals surface area contributed by atoms with Crippen molar-refractivity contribution in [3.8, 4) is 0 Å². The summed E-state index contributed by atoms with van der Waals surface area (Å²) in [6.45, 7) is 1.35. The second-order valence-corrected chi connectivity index (χ2v) is 3.09. The summed E-state index contributed by atoms with van der Waals surface area (Å²) in [7, 11) is -6.00. The maximum absolute atomic E-state index is 12.2. The SMILES string of the molecule is Cc1ccc([N+]#N)cc1C(F)(F)F.F[B-](F)(F)F. The molecule has 18 heavy (non-hydrogen) atoms. The summed E-state index contributed by atoms with van der Waals surface area (Å²) in [5, 5.41) is 8.28. The van der Waals surface area contributed by atoms with Crippen LogP contribution in [0.4, 0.5) is 36.1 Å². The van der Waals surface area contributed by atoms with E-state index in [4.69, 9.17) is 5.39 Å². The van der Waals surface area contributed by atoms with E-state index >= 15 is 0 Å². The number of hydrogen-bond acceptors (Lipinski definition) is 1. The van der Waals surface area contributed by atoms with Crippen LogP contribution in [0.1, 0.15) is 11.1 Å². The fraction of sp³-hybridized carbons (Fsp3) is 0.250. The molecule has 0 fully saturated rings. The van der Waals surface area contributed by atoms with Gasteiger partial charge in [0.15, 0.2) is 4.98 Å². The van der Waals surface area contributed by atoms with Gasteiger partial charge >= 0.3 is 19.1 Å². The van der Waals surface area contributed by atoms with E-state index < -0.39 is 19.0 Å². The third-order valence-corrected chi connectivity index (χ3v) is 1.64. The van der Waals surface area contributed by atoms with Gasteiger partial charge in [-0.2, -0.15) is 13.2 Å². The van der Waals surface area contributed by atoms with Gasteiger partial charge in [0.1, 0.15) is 0 Å². The monoisotopic (exact) mass is 274 g/mol. The molecule has 1 aromatic carbocycles. The molecule has 0 saturated heterocycles. The molecule has 0 radical (unpaired) electrons. The molecule has 0 spiro atoms. The molecule has 0 bridgehead atoms. The maximum Gasteiger partial charge on any atom is 0.673 e. The molecular weight excluding hydrogens is 268 g/mol. The van der Waals surface area contributed by atoms with Gasteiger partial charge in [-0.05, 0) is 12.5 Å². The van der Waals surface area contributed by atoms with E-state index in [0.29, 0.717) is 0 Å². The van der Waals surface area contributed by atoms with Crippen LogP contribution in [0, 0.1) is 12.3 Å². The van der Waals surface area contributed by atoms with Gasteiger partial charge in [0.2, 0.25) is 5.39 Å². The number of aryl methyl sites for hydroxylation is 1. The summed E-state index contributed by atoms with van der Waals surface area (Å²) in [5.41, 5.74) is -0.763. The van der Waals surface area contributed by atoms with Gasteiger partial charge in [-0.15, -0.1) is 0 Å². The van der Waals surface area contributed by atoms with Crippen molar-refractivity contribution in [3.63, 3.8) is 0 Å². The van der Waals surface area contributed by atoms with Crippen molar-refractivity contribution in [1.82, 2.24) is 0 Å². The van der Waals surface area contributed by atoms with E-state index in [1.165, 1.54) is 19.1 Å². The van der Waals surface area contributed by atoms with E-state index in [9.17, 15) is 30.4 Å². The largest absolute Gasteiger partial charge is 0.673 e. The molecule has 1 aromatic rings. The van der Waals surface area contributed by atoms with Crippen molar-refractivity contribution in [1.29, 1.82) is 5.39 Å². The first-order valence-corrected chi connectivity index (χ1v) is 4.35. The van der Waals surface area contributed by atoms with Crippen LogP contribution < -0.4 is 0 Å². The number of rotatable bonds is 0. The smallest absolute Gasteiger partial charge is 0.418 e. The van der Waals surface area contributed by atoms with Gasteiger partial charge < -0.3 is 17.3 Å². The molecule has 0 aliphatic carbocycles. The van der Waals surface area contributed by atoms with Gasteiger partial charge in [0, 0.05) is 12.1 Å². The van der Waals surface area contributed by atoms with E-state index in [1.807, 2.05) is 0 Å². The average Bonchev–Trinajstić information content (AvgIpc) is 2.14. The predicted molar refractivity (Wildman–Crippen MR) is 51.1 cm³/mol. The minimum Gasteiger partial charge on any atom is -0.418 e. The third kappa shape index (κ3) is 6.72. The van der Waals surface area contributed by atoms with Crippen molar-refractivity contribution in [3.05, 3.63) is 34.3 Å². The first-order valence-electron chi connectivity index (χ1n) is 4.35. The molecule has 0 saturated carbocycles. The molecule has 0 N–H and O–H groups in total. The number of diazo groups is 1. The Morgan fingerprint density at radius 3 is 1.89 bits per heavy atom. The zero-order chi connectivity index (χ0) is 14.6. The second-order valence-electron chi connectivity index (χ2n) is 3.09. The highest BCUT2D eigenvalue weighted by Gasteiger charge is 2.33. The molecular formula is C8H6BF7N2. The fourth-order valence-electron chi connectivity index (χ4n) is 0.978. The molecule has 2 nitrogen and oxygen atoms in total. The molecule has 0 amide bonds. The maximum atomic E-state index is 12.2. The number of hydrogen-bond donors (Lipinski definition) is 0. The van der Waals surface area contributed by atoms with Gasteiger partial charge in [-0.1, -0.05) is 6.07 Å². The summed E-state index contributed by atoms with van der Waals surface area (Å²) >= 11 is 0. The van der Waals surface area contributed by atoms with Crippen LogP contribution in [0.15, 0.2) is 18.2 Å². The molecule has 0 heterocycles. The summed E-state index contributed by atoms with van der Waals surface area (Å²) in [5.74, 6) is 0. The van der Waals surface area contributed by atoms with Crippen LogP contribution in [-0.4, -0.2) is 7.25 Å². The standard InChI is InChI=1S/C8H6F3N2.BF4/c1-5-2-3-6(13-12)4-7(5)8(9,10)11;2-1(3,4)5/h2-4H,1H3;/q+1;-1. The lowest BCUT2D eigenvalue weighted by atomic mass is 10.1. The quantitative estimate of drug-likeness (QED) is 0.379. The third-order valence-electron chi connectivity index (χ3n) is 1.64. The molecule has 0 aliphatic heterocycles. The number of alkyl halides is 3. The van der Waals surface area contributed by atoms with Crippen molar-refractivity contribution in [2.45, 2.75) is 13.1 Å². The Morgan fingerprint density at radius 2 is 1.56 bits per heavy atom. The summed E-state index contributed by atoms with van der Waals surface area (Å²) in [6, 6.07) is 3.37. The molecule has 0 atom stereocenters. The Morgan fingerprint density at radius 1 is 1.11 bits per heavy atom. The highest BCUT2D eigenvalue weighted by atomic mass is 19.5. The lowest BCUT2D eigenvalue weighted by Gasteiger charge is -2.07. The highest BCUT2D eigenvalue weighted by molar-refractivity contribution is 6.50. The van der Waals surface area contributed by atoms with Crippen LogP contribution in [0.25, 0.3) is 4.98 Å². The van der Waals surface area contributed by atoms with Crippen molar-refractivity contribution in [2.24, 2.45) is 0 Å². The number of nitrogens with zero attached hydrogens (tertiary/aromatic N) is 2. The topological polar surface area (TPSA) is 28.1 Å². The molecule has 1 rings (SSSR count). The minimum atomic E-state index is -6.00. The van der Waals surface area contributed by atoms with Gasteiger partial charge in [-0.25, -0.2) is 0 Å². The zero-order valence-electron chi connectivity index (χ0n) is 8.85. The van der Waals surface area contributed by atoms with Gasteiger partial charge in [0.05, 0.1) is 5.56 Å². The summed E-state index contributed by atoms with van der Waals surface area (Å²) in [6.07, 6.45) is -4.40. The molecule has 0 aromatic heterocycles. The number of halogens is 7. The lowest BCUT2D eigenvalue weighted by Crippen LogP contribution is -2.06. The van der Waals surface area contributed by atoms with Crippen LogP contribution in [0.5, 0.6) is 0 Å². The van der Waals surface area contributed by atoms with Crippen molar-refractivity contribution < 1.29 is 30.4 Å². The van der Waals surface area contributed by atoms with E-state index in [0.717, 1.165) is 6.07 Å². The first kappa shape index (κ1) is 16.2. The summed E-state index contributed by atoms with van der Waals surface area (Å²) in [4.78, 5) is 2.69. The van der Waals surface area contributed by atoms with Crippen LogP contribution in [0.3, 0.4) is 0 Å². The Hall–Kier alpha value is -1.79. The van der Waals surface area contributed by atoms with E-state index in [1.54, 1.807) is 0 Å². The first-order chi connectivity index (χ1) is 7.95.